The molecular formula is C12H16N6. The van der Waals surface area contributed by atoms with Crippen molar-refractivity contribution in [1.82, 2.24) is 19.9 Å². The van der Waals surface area contributed by atoms with E-state index in [1.807, 2.05) is 6.92 Å². The second-order valence-corrected chi connectivity index (χ2v) is 3.88. The van der Waals surface area contributed by atoms with E-state index >= 15 is 0 Å². The summed E-state index contributed by atoms with van der Waals surface area (Å²) < 4.78 is 0. The van der Waals surface area contributed by atoms with E-state index in [4.69, 9.17) is 5.73 Å². The Labute approximate surface area is 106 Å². The summed E-state index contributed by atoms with van der Waals surface area (Å²) in [4.78, 5) is 16.6. The van der Waals surface area contributed by atoms with Crippen LogP contribution in [0.3, 0.4) is 0 Å². The molecule has 3 N–H and O–H groups in total. The molecule has 2 aromatic heterocycles. The van der Waals surface area contributed by atoms with Crippen LogP contribution in [0.2, 0.25) is 0 Å². The molecule has 0 amide bonds. The van der Waals surface area contributed by atoms with Gasteiger partial charge in [-0.2, -0.15) is 0 Å². The van der Waals surface area contributed by atoms with E-state index in [-0.39, 0.29) is 0 Å². The van der Waals surface area contributed by atoms with Crippen molar-refractivity contribution in [2.45, 2.75) is 13.3 Å². The van der Waals surface area contributed by atoms with Gasteiger partial charge >= 0.3 is 0 Å². The number of hydrogen-bond acceptors (Lipinski definition) is 6. The van der Waals surface area contributed by atoms with E-state index in [9.17, 15) is 0 Å². The normalized spacial score (nSPS) is 10.3. The SMILES string of the molecule is Cc1ncc(-c2cncnc2)c(NCCCN)n1. The fraction of sp³-hybridized carbons (Fsp3) is 0.333. The number of aromatic nitrogens is 4. The molecule has 6 heteroatoms. The molecule has 2 heterocycles. The van der Waals surface area contributed by atoms with Crippen molar-refractivity contribution in [3.8, 4) is 11.1 Å². The van der Waals surface area contributed by atoms with Crippen LogP contribution in [0, 0.1) is 6.92 Å². The summed E-state index contributed by atoms with van der Waals surface area (Å²) in [5, 5.41) is 3.27. The van der Waals surface area contributed by atoms with Gasteiger partial charge in [0.1, 0.15) is 18.0 Å². The Morgan fingerprint density at radius 3 is 2.72 bits per heavy atom. The first kappa shape index (κ1) is 12.4. The Bertz CT molecular complexity index is 499. The lowest BCUT2D eigenvalue weighted by molar-refractivity contribution is 0.867. The summed E-state index contributed by atoms with van der Waals surface area (Å²) >= 11 is 0. The topological polar surface area (TPSA) is 89.6 Å². The molecule has 0 atom stereocenters. The molecule has 18 heavy (non-hydrogen) atoms. The molecule has 0 bridgehead atoms. The lowest BCUT2D eigenvalue weighted by Gasteiger charge is -2.10. The van der Waals surface area contributed by atoms with Crippen molar-refractivity contribution >= 4 is 5.82 Å². The van der Waals surface area contributed by atoms with Crippen LogP contribution in [0.4, 0.5) is 5.82 Å². The molecule has 0 aliphatic heterocycles. The van der Waals surface area contributed by atoms with Gasteiger partial charge in [0.2, 0.25) is 0 Å². The minimum absolute atomic E-state index is 0.654. The Morgan fingerprint density at radius 1 is 1.22 bits per heavy atom. The highest BCUT2D eigenvalue weighted by atomic mass is 15.0. The van der Waals surface area contributed by atoms with Crippen molar-refractivity contribution in [1.29, 1.82) is 0 Å². The molecule has 2 aromatic rings. The number of nitrogens with two attached hydrogens (primary N) is 1. The first-order valence-corrected chi connectivity index (χ1v) is 5.84. The molecule has 94 valence electrons. The highest BCUT2D eigenvalue weighted by Gasteiger charge is 2.07. The highest BCUT2D eigenvalue weighted by Crippen LogP contribution is 2.24. The molecule has 2 rings (SSSR count). The molecule has 0 unspecified atom stereocenters. The van der Waals surface area contributed by atoms with Crippen LogP contribution >= 0.6 is 0 Å². The molecule has 6 nitrogen and oxygen atoms in total. The van der Waals surface area contributed by atoms with Gasteiger partial charge in [-0.05, 0) is 19.9 Å². The molecule has 0 radical (unpaired) electrons. The number of anilines is 1. The fourth-order valence-electron chi connectivity index (χ4n) is 1.56. The smallest absolute Gasteiger partial charge is 0.137 e. The molecule has 0 spiro atoms. The van der Waals surface area contributed by atoms with Crippen LogP contribution in [0.15, 0.2) is 24.9 Å². The number of rotatable bonds is 5. The summed E-state index contributed by atoms with van der Waals surface area (Å²) in [5.41, 5.74) is 7.28. The van der Waals surface area contributed by atoms with Crippen molar-refractivity contribution in [2.75, 3.05) is 18.4 Å². The third-order valence-electron chi connectivity index (χ3n) is 2.45. The Balaban J connectivity index is 2.29. The van der Waals surface area contributed by atoms with Gasteiger partial charge in [0.05, 0.1) is 0 Å². The number of aryl methyl sites for hydroxylation is 1. The van der Waals surface area contributed by atoms with E-state index in [0.717, 1.165) is 35.7 Å². The molecule has 0 saturated carbocycles. The summed E-state index contributed by atoms with van der Waals surface area (Å²) in [6.07, 6.45) is 7.67. The van der Waals surface area contributed by atoms with Crippen molar-refractivity contribution < 1.29 is 0 Å². The molecule has 0 aromatic carbocycles. The third kappa shape index (κ3) is 2.98. The van der Waals surface area contributed by atoms with Crippen LogP contribution in [0.1, 0.15) is 12.2 Å². The predicted molar refractivity (Wildman–Crippen MR) is 70.0 cm³/mol. The molecule has 0 fully saturated rings. The maximum atomic E-state index is 5.48. The maximum absolute atomic E-state index is 5.48. The average Bonchev–Trinajstić information content (AvgIpc) is 2.40. The maximum Gasteiger partial charge on any atom is 0.137 e. The zero-order valence-electron chi connectivity index (χ0n) is 10.3. The zero-order valence-corrected chi connectivity index (χ0v) is 10.3. The lowest BCUT2D eigenvalue weighted by atomic mass is 10.1. The summed E-state index contributed by atoms with van der Waals surface area (Å²) in [6.45, 7) is 3.30. The van der Waals surface area contributed by atoms with E-state index in [1.54, 1.807) is 18.6 Å². The number of hydrogen-bond donors (Lipinski definition) is 2. The monoisotopic (exact) mass is 244 g/mol. The third-order valence-corrected chi connectivity index (χ3v) is 2.45. The summed E-state index contributed by atoms with van der Waals surface area (Å²) in [5.74, 6) is 1.52. The average molecular weight is 244 g/mol. The molecule has 0 aliphatic rings. The van der Waals surface area contributed by atoms with Crippen LogP contribution < -0.4 is 11.1 Å². The van der Waals surface area contributed by atoms with Gasteiger partial charge < -0.3 is 11.1 Å². The summed E-state index contributed by atoms with van der Waals surface area (Å²) in [7, 11) is 0. The van der Waals surface area contributed by atoms with Gasteiger partial charge in [-0.15, -0.1) is 0 Å². The Hall–Kier alpha value is -2.08. The Morgan fingerprint density at radius 2 is 2.00 bits per heavy atom. The van der Waals surface area contributed by atoms with E-state index in [1.165, 1.54) is 6.33 Å². The van der Waals surface area contributed by atoms with Gasteiger partial charge in [-0.25, -0.2) is 19.9 Å². The van der Waals surface area contributed by atoms with Crippen LogP contribution in [-0.2, 0) is 0 Å². The second kappa shape index (κ2) is 6.02. The van der Waals surface area contributed by atoms with E-state index in [0.29, 0.717) is 6.54 Å². The van der Waals surface area contributed by atoms with Gasteiger partial charge in [-0.3, -0.25) is 0 Å². The first-order chi connectivity index (χ1) is 8.81. The first-order valence-electron chi connectivity index (χ1n) is 5.84. The van der Waals surface area contributed by atoms with Crippen molar-refractivity contribution in [3.63, 3.8) is 0 Å². The standard InChI is InChI=1S/C12H16N6/c1-9-17-7-11(10-5-14-8-15-6-10)12(18-9)16-4-2-3-13/h5-8H,2-4,13H2,1H3,(H,16,17,18). The summed E-state index contributed by atoms with van der Waals surface area (Å²) in [6, 6.07) is 0. The highest BCUT2D eigenvalue weighted by molar-refractivity contribution is 5.73. The van der Waals surface area contributed by atoms with Crippen LogP contribution in [-0.4, -0.2) is 33.0 Å². The Kier molecular flexibility index (Phi) is 4.14. The number of nitrogens with zero attached hydrogens (tertiary/aromatic N) is 4. The minimum Gasteiger partial charge on any atom is -0.369 e. The van der Waals surface area contributed by atoms with E-state index < -0.39 is 0 Å². The van der Waals surface area contributed by atoms with Gasteiger partial charge in [0, 0.05) is 36.3 Å². The van der Waals surface area contributed by atoms with Crippen molar-refractivity contribution in [3.05, 3.63) is 30.7 Å². The number of nitrogens with one attached hydrogen (secondary N) is 1. The molecule has 0 saturated heterocycles. The molecule has 0 aliphatic carbocycles. The predicted octanol–water partition coefficient (Wildman–Crippen LogP) is 1.00. The van der Waals surface area contributed by atoms with Gasteiger partial charge in [0.25, 0.3) is 0 Å². The lowest BCUT2D eigenvalue weighted by Crippen LogP contribution is -2.11. The quantitative estimate of drug-likeness (QED) is 0.763. The van der Waals surface area contributed by atoms with Crippen LogP contribution in [0.5, 0.6) is 0 Å². The van der Waals surface area contributed by atoms with Gasteiger partial charge in [-0.1, -0.05) is 0 Å². The fourth-order valence-corrected chi connectivity index (χ4v) is 1.56. The molecular weight excluding hydrogens is 228 g/mol. The second-order valence-electron chi connectivity index (χ2n) is 3.88. The zero-order chi connectivity index (χ0) is 12.8. The van der Waals surface area contributed by atoms with Crippen molar-refractivity contribution in [2.24, 2.45) is 5.73 Å². The van der Waals surface area contributed by atoms with Gasteiger partial charge in [0.15, 0.2) is 0 Å². The van der Waals surface area contributed by atoms with E-state index in [2.05, 4.69) is 25.3 Å². The van der Waals surface area contributed by atoms with Crippen LogP contribution in [0.25, 0.3) is 11.1 Å². The largest absolute Gasteiger partial charge is 0.369 e. The minimum atomic E-state index is 0.654.